The van der Waals surface area contributed by atoms with E-state index in [1.54, 1.807) is 7.11 Å². The molecule has 1 fully saturated rings. The summed E-state index contributed by atoms with van der Waals surface area (Å²) in [5.41, 5.74) is 1.93. The van der Waals surface area contributed by atoms with Gasteiger partial charge >= 0.3 is 0 Å². The molecule has 0 saturated carbocycles. The third-order valence-corrected chi connectivity index (χ3v) is 4.09. The molecule has 0 aliphatic carbocycles. The summed E-state index contributed by atoms with van der Waals surface area (Å²) in [7, 11) is 1.64. The number of fused-ring (bicyclic) bond motifs is 1. The second kappa shape index (κ2) is 6.22. The van der Waals surface area contributed by atoms with E-state index >= 15 is 0 Å². The molecule has 116 valence electrons. The number of benzene rings is 1. The van der Waals surface area contributed by atoms with Crippen LogP contribution in [0.25, 0.3) is 10.9 Å². The Labute approximate surface area is 130 Å². The molecule has 1 amide bonds. The smallest absolute Gasteiger partial charge is 0.242 e. The number of aryl methyl sites for hydroxylation is 1. The number of pyridine rings is 1. The average molecular weight is 299 g/mol. The van der Waals surface area contributed by atoms with E-state index in [0.29, 0.717) is 0 Å². The number of methoxy groups -OCH3 is 1. The lowest BCUT2D eigenvalue weighted by Gasteiger charge is -2.17. The fraction of sp³-hybridized carbons (Fsp3) is 0.412. The van der Waals surface area contributed by atoms with E-state index < -0.39 is 0 Å². The van der Waals surface area contributed by atoms with Gasteiger partial charge in [-0.25, -0.2) is 4.98 Å². The molecule has 2 N–H and O–H groups in total. The summed E-state index contributed by atoms with van der Waals surface area (Å²) in [5, 5.41) is 7.28. The first-order chi connectivity index (χ1) is 10.7. The molecule has 1 unspecified atom stereocenters. The first-order valence-corrected chi connectivity index (χ1v) is 7.67. The summed E-state index contributed by atoms with van der Waals surface area (Å²) >= 11 is 0. The zero-order valence-electron chi connectivity index (χ0n) is 13.0. The number of rotatable bonds is 3. The predicted octanol–water partition coefficient (Wildman–Crippen LogP) is 2.63. The lowest BCUT2D eigenvalue weighted by Crippen LogP contribution is -2.38. The van der Waals surface area contributed by atoms with Crippen LogP contribution in [0.2, 0.25) is 0 Å². The minimum atomic E-state index is -0.221. The number of amides is 1. The number of ether oxygens (including phenoxy) is 1. The largest absolute Gasteiger partial charge is 0.494 e. The maximum Gasteiger partial charge on any atom is 0.242 e. The van der Waals surface area contributed by atoms with E-state index in [-0.39, 0.29) is 11.9 Å². The topological polar surface area (TPSA) is 63.2 Å². The van der Waals surface area contributed by atoms with Crippen LogP contribution in [0.4, 0.5) is 5.82 Å². The lowest BCUT2D eigenvalue weighted by atomic mass is 10.1. The molecule has 0 radical (unpaired) electrons. The molecule has 1 aliphatic heterocycles. The summed E-state index contributed by atoms with van der Waals surface area (Å²) < 4.78 is 5.40. The first kappa shape index (κ1) is 14.6. The van der Waals surface area contributed by atoms with Crippen LogP contribution >= 0.6 is 0 Å². The van der Waals surface area contributed by atoms with Crippen molar-refractivity contribution in [2.75, 3.05) is 19.0 Å². The van der Waals surface area contributed by atoms with Crippen molar-refractivity contribution < 1.29 is 9.53 Å². The van der Waals surface area contributed by atoms with Crippen molar-refractivity contribution in [2.24, 2.45) is 0 Å². The highest BCUT2D eigenvalue weighted by atomic mass is 16.5. The van der Waals surface area contributed by atoms with Gasteiger partial charge in [0.25, 0.3) is 0 Å². The maximum atomic E-state index is 12.1. The van der Waals surface area contributed by atoms with E-state index in [0.717, 1.165) is 53.8 Å². The molecular formula is C17H21N3O2. The highest BCUT2D eigenvalue weighted by Crippen LogP contribution is 2.28. The van der Waals surface area contributed by atoms with Crippen molar-refractivity contribution in [1.29, 1.82) is 0 Å². The number of para-hydroxylation sites is 1. The molecule has 22 heavy (non-hydrogen) atoms. The number of nitrogens with one attached hydrogen (secondary N) is 2. The summed E-state index contributed by atoms with van der Waals surface area (Å²) in [4.78, 5) is 16.7. The monoisotopic (exact) mass is 299 g/mol. The standard InChI is InChI=1S/C17H21N3O2/c1-11-10-15(19-13-7-3-4-9-18-17(13)21)20-16-12(11)6-5-8-14(16)22-2/h5-6,8,10,13H,3-4,7,9H2,1-2H3,(H,18,21)(H,19,20). The number of carbonyl (C=O) groups excluding carboxylic acids is 1. The highest BCUT2D eigenvalue weighted by molar-refractivity contribution is 5.90. The van der Waals surface area contributed by atoms with Gasteiger partial charge in [-0.15, -0.1) is 0 Å². The van der Waals surface area contributed by atoms with Crippen molar-refractivity contribution in [3.8, 4) is 5.75 Å². The molecule has 1 atom stereocenters. The quantitative estimate of drug-likeness (QED) is 0.914. The van der Waals surface area contributed by atoms with E-state index in [9.17, 15) is 4.79 Å². The van der Waals surface area contributed by atoms with Crippen molar-refractivity contribution in [3.05, 3.63) is 29.8 Å². The van der Waals surface area contributed by atoms with Crippen molar-refractivity contribution in [2.45, 2.75) is 32.2 Å². The Morgan fingerprint density at radius 1 is 1.36 bits per heavy atom. The van der Waals surface area contributed by atoms with Crippen LogP contribution in [0.3, 0.4) is 0 Å². The molecule has 0 bridgehead atoms. The minimum Gasteiger partial charge on any atom is -0.494 e. The van der Waals surface area contributed by atoms with Gasteiger partial charge in [-0.3, -0.25) is 4.79 Å². The van der Waals surface area contributed by atoms with Crippen LogP contribution in [0.1, 0.15) is 24.8 Å². The molecule has 1 aromatic heterocycles. The second-order valence-corrected chi connectivity index (χ2v) is 5.66. The maximum absolute atomic E-state index is 12.1. The van der Waals surface area contributed by atoms with E-state index in [4.69, 9.17) is 4.74 Å². The van der Waals surface area contributed by atoms with Crippen LogP contribution in [0.5, 0.6) is 5.75 Å². The fourth-order valence-corrected chi connectivity index (χ4v) is 2.89. The third kappa shape index (κ3) is 2.84. The summed E-state index contributed by atoms with van der Waals surface area (Å²) in [5.74, 6) is 1.52. The van der Waals surface area contributed by atoms with Crippen LogP contribution < -0.4 is 15.4 Å². The van der Waals surface area contributed by atoms with Gasteiger partial charge in [0, 0.05) is 11.9 Å². The van der Waals surface area contributed by atoms with E-state index in [1.807, 2.05) is 31.2 Å². The lowest BCUT2D eigenvalue weighted by molar-refractivity contribution is -0.121. The SMILES string of the molecule is COc1cccc2c(C)cc(NC3CCCCNC3=O)nc12. The molecule has 5 heteroatoms. The first-order valence-electron chi connectivity index (χ1n) is 7.67. The predicted molar refractivity (Wildman–Crippen MR) is 87.3 cm³/mol. The molecule has 0 spiro atoms. The fourth-order valence-electron chi connectivity index (χ4n) is 2.89. The van der Waals surface area contributed by atoms with Gasteiger partial charge in [-0.2, -0.15) is 0 Å². The number of anilines is 1. The van der Waals surface area contributed by atoms with Crippen molar-refractivity contribution in [3.63, 3.8) is 0 Å². The van der Waals surface area contributed by atoms with Gasteiger partial charge in [-0.05, 0) is 43.9 Å². The minimum absolute atomic E-state index is 0.0528. The van der Waals surface area contributed by atoms with E-state index in [2.05, 4.69) is 15.6 Å². The zero-order valence-corrected chi connectivity index (χ0v) is 13.0. The highest BCUT2D eigenvalue weighted by Gasteiger charge is 2.21. The third-order valence-electron chi connectivity index (χ3n) is 4.09. The molecule has 5 nitrogen and oxygen atoms in total. The second-order valence-electron chi connectivity index (χ2n) is 5.66. The summed E-state index contributed by atoms with van der Waals surface area (Å²) in [6.45, 7) is 2.80. The number of nitrogens with zero attached hydrogens (tertiary/aromatic N) is 1. The van der Waals surface area contributed by atoms with Crippen LogP contribution in [0, 0.1) is 6.92 Å². The summed E-state index contributed by atoms with van der Waals surface area (Å²) in [6, 6.07) is 7.66. The number of hydrogen-bond donors (Lipinski definition) is 2. The van der Waals surface area contributed by atoms with Gasteiger partial charge in [0.15, 0.2) is 0 Å². The molecule has 1 aromatic carbocycles. The van der Waals surface area contributed by atoms with Crippen molar-refractivity contribution >= 4 is 22.6 Å². The molecular weight excluding hydrogens is 278 g/mol. The number of aromatic nitrogens is 1. The molecule has 2 aromatic rings. The Kier molecular flexibility index (Phi) is 4.13. The van der Waals surface area contributed by atoms with Crippen molar-refractivity contribution in [1.82, 2.24) is 10.3 Å². The van der Waals surface area contributed by atoms with Gasteiger partial charge in [0.2, 0.25) is 5.91 Å². The van der Waals surface area contributed by atoms with Crippen LogP contribution in [-0.2, 0) is 4.79 Å². The van der Waals surface area contributed by atoms with Crippen LogP contribution in [-0.4, -0.2) is 30.6 Å². The zero-order chi connectivity index (χ0) is 15.5. The molecule has 1 saturated heterocycles. The van der Waals surface area contributed by atoms with Crippen LogP contribution in [0.15, 0.2) is 24.3 Å². The number of hydrogen-bond acceptors (Lipinski definition) is 4. The molecule has 1 aliphatic rings. The van der Waals surface area contributed by atoms with Gasteiger partial charge < -0.3 is 15.4 Å². The Hall–Kier alpha value is -2.30. The number of carbonyl (C=O) groups is 1. The van der Waals surface area contributed by atoms with E-state index in [1.165, 1.54) is 0 Å². The Bertz CT molecular complexity index is 700. The normalized spacial score (nSPS) is 18.6. The Morgan fingerprint density at radius 2 is 2.23 bits per heavy atom. The Balaban J connectivity index is 1.95. The average Bonchev–Trinajstić information content (AvgIpc) is 2.72. The van der Waals surface area contributed by atoms with Gasteiger partial charge in [-0.1, -0.05) is 12.1 Å². The van der Waals surface area contributed by atoms with Gasteiger partial charge in [0.1, 0.15) is 23.1 Å². The molecule has 2 heterocycles. The molecule has 3 rings (SSSR count). The van der Waals surface area contributed by atoms with Gasteiger partial charge in [0.05, 0.1) is 7.11 Å². The summed E-state index contributed by atoms with van der Waals surface area (Å²) in [6.07, 6.45) is 2.89. The Morgan fingerprint density at radius 3 is 3.05 bits per heavy atom.